The molecule has 0 bridgehead atoms. The molecular formula is C12H13Br2NS2. The number of halogens is 2. The van der Waals surface area contributed by atoms with Crippen molar-refractivity contribution in [1.29, 1.82) is 0 Å². The number of hydrogen-bond acceptors (Lipinski definition) is 3. The molecule has 1 N–H and O–H groups in total. The highest BCUT2D eigenvalue weighted by Crippen LogP contribution is 2.32. The second-order valence-electron chi connectivity index (χ2n) is 3.66. The lowest BCUT2D eigenvalue weighted by Crippen LogP contribution is -2.11. The summed E-state index contributed by atoms with van der Waals surface area (Å²) in [5.74, 6) is 0. The van der Waals surface area contributed by atoms with Crippen molar-refractivity contribution in [3.05, 3.63) is 41.1 Å². The molecule has 0 atom stereocenters. The molecule has 0 aromatic carbocycles. The Hall–Kier alpha value is 0.320. The number of thiophene rings is 2. The van der Waals surface area contributed by atoms with E-state index >= 15 is 0 Å². The van der Waals surface area contributed by atoms with E-state index in [0.29, 0.717) is 0 Å². The summed E-state index contributed by atoms with van der Waals surface area (Å²) in [6.07, 6.45) is 1.12. The summed E-state index contributed by atoms with van der Waals surface area (Å²) in [6, 6.07) is 4.39. The van der Waals surface area contributed by atoms with Gasteiger partial charge >= 0.3 is 0 Å². The lowest BCUT2D eigenvalue weighted by atomic mass is 10.2. The third kappa shape index (κ3) is 3.64. The van der Waals surface area contributed by atoms with Crippen LogP contribution in [-0.2, 0) is 19.5 Å². The fourth-order valence-electron chi connectivity index (χ4n) is 1.61. The summed E-state index contributed by atoms with van der Waals surface area (Å²) in [6.45, 7) is 4.10. The largest absolute Gasteiger partial charge is 0.307 e. The van der Waals surface area contributed by atoms with Gasteiger partial charge in [-0.3, -0.25) is 0 Å². The van der Waals surface area contributed by atoms with Crippen molar-refractivity contribution in [2.45, 2.75) is 26.4 Å². The van der Waals surface area contributed by atoms with Crippen LogP contribution in [-0.4, -0.2) is 0 Å². The van der Waals surface area contributed by atoms with Crippen LogP contribution in [0.1, 0.15) is 22.2 Å². The van der Waals surface area contributed by atoms with Crippen molar-refractivity contribution < 1.29 is 0 Å². The quantitative estimate of drug-likeness (QED) is 0.735. The summed E-state index contributed by atoms with van der Waals surface area (Å²) >= 11 is 10.6. The maximum atomic E-state index is 3.52. The van der Waals surface area contributed by atoms with Gasteiger partial charge in [-0.1, -0.05) is 6.92 Å². The highest BCUT2D eigenvalue weighted by Gasteiger charge is 2.05. The highest BCUT2D eigenvalue weighted by atomic mass is 79.9. The van der Waals surface area contributed by atoms with Crippen LogP contribution in [0.5, 0.6) is 0 Å². The third-order valence-electron chi connectivity index (χ3n) is 2.50. The van der Waals surface area contributed by atoms with Crippen LogP contribution < -0.4 is 5.32 Å². The minimum atomic E-state index is 0.927. The first-order chi connectivity index (χ1) is 8.20. The third-order valence-corrected chi connectivity index (χ3v) is 6.72. The Kier molecular flexibility index (Phi) is 5.24. The molecule has 5 heteroatoms. The van der Waals surface area contributed by atoms with Gasteiger partial charge in [0, 0.05) is 27.3 Å². The zero-order valence-corrected chi connectivity index (χ0v) is 14.2. The summed E-state index contributed by atoms with van der Waals surface area (Å²) < 4.78 is 2.31. The smallest absolute Gasteiger partial charge is 0.0843 e. The Morgan fingerprint density at radius 1 is 1.29 bits per heavy atom. The summed E-state index contributed by atoms with van der Waals surface area (Å²) in [7, 11) is 0. The second-order valence-corrected chi connectivity index (χ2v) is 7.97. The van der Waals surface area contributed by atoms with E-state index in [0.717, 1.165) is 24.0 Å². The molecule has 0 saturated carbocycles. The average molecular weight is 395 g/mol. The topological polar surface area (TPSA) is 12.0 Å². The molecule has 0 amide bonds. The SMILES string of the molecule is CCc1ccsc1CNCc1cc(Br)c(Br)s1. The van der Waals surface area contributed by atoms with E-state index in [1.54, 1.807) is 11.3 Å². The molecule has 2 aromatic rings. The monoisotopic (exact) mass is 393 g/mol. The molecule has 0 aliphatic heterocycles. The highest BCUT2D eigenvalue weighted by molar-refractivity contribution is 9.13. The average Bonchev–Trinajstić information content (AvgIpc) is 2.87. The van der Waals surface area contributed by atoms with Crippen LogP contribution in [0.3, 0.4) is 0 Å². The summed E-state index contributed by atoms with van der Waals surface area (Å²) in [5.41, 5.74) is 1.47. The van der Waals surface area contributed by atoms with Crippen molar-refractivity contribution in [3.8, 4) is 0 Å². The van der Waals surface area contributed by atoms with E-state index in [1.807, 2.05) is 11.3 Å². The van der Waals surface area contributed by atoms with Gasteiger partial charge in [0.25, 0.3) is 0 Å². The van der Waals surface area contributed by atoms with E-state index in [4.69, 9.17) is 0 Å². The minimum Gasteiger partial charge on any atom is -0.307 e. The maximum Gasteiger partial charge on any atom is 0.0843 e. The molecule has 0 saturated heterocycles. The first kappa shape index (κ1) is 13.7. The molecule has 0 aliphatic rings. The van der Waals surface area contributed by atoms with E-state index in [1.165, 1.54) is 19.1 Å². The van der Waals surface area contributed by atoms with E-state index < -0.39 is 0 Å². The number of nitrogens with one attached hydrogen (secondary N) is 1. The number of aryl methyl sites for hydroxylation is 1. The van der Waals surface area contributed by atoms with E-state index in [-0.39, 0.29) is 0 Å². The summed E-state index contributed by atoms with van der Waals surface area (Å²) in [5, 5.41) is 5.67. The number of rotatable bonds is 5. The van der Waals surface area contributed by atoms with Gasteiger partial charge in [0.05, 0.1) is 3.79 Å². The molecule has 0 aliphatic carbocycles. The van der Waals surface area contributed by atoms with Gasteiger partial charge in [-0.15, -0.1) is 22.7 Å². The Morgan fingerprint density at radius 3 is 2.76 bits per heavy atom. The first-order valence-corrected chi connectivity index (χ1v) is 8.68. The lowest BCUT2D eigenvalue weighted by Gasteiger charge is -2.03. The molecular weight excluding hydrogens is 382 g/mol. The molecule has 1 nitrogen and oxygen atoms in total. The van der Waals surface area contributed by atoms with Gasteiger partial charge < -0.3 is 5.32 Å². The molecule has 2 heterocycles. The van der Waals surface area contributed by atoms with Gasteiger partial charge in [-0.05, 0) is 61.4 Å². The maximum absolute atomic E-state index is 3.52. The van der Waals surface area contributed by atoms with Gasteiger partial charge in [-0.2, -0.15) is 0 Å². The Morgan fingerprint density at radius 2 is 2.12 bits per heavy atom. The predicted octanol–water partition coefficient (Wildman–Crippen LogP) is 5.19. The first-order valence-electron chi connectivity index (χ1n) is 5.40. The zero-order valence-electron chi connectivity index (χ0n) is 9.43. The Bertz CT molecular complexity index is 471. The van der Waals surface area contributed by atoms with Crippen LogP contribution in [0.4, 0.5) is 0 Å². The normalized spacial score (nSPS) is 11.0. The summed E-state index contributed by atoms with van der Waals surface area (Å²) in [4.78, 5) is 2.81. The molecule has 17 heavy (non-hydrogen) atoms. The molecule has 0 spiro atoms. The van der Waals surface area contributed by atoms with Crippen molar-refractivity contribution >= 4 is 54.5 Å². The van der Waals surface area contributed by atoms with Crippen molar-refractivity contribution in [1.82, 2.24) is 5.32 Å². The standard InChI is InChI=1S/C12H13Br2NS2/c1-2-8-3-4-16-11(8)7-15-6-9-5-10(13)12(14)17-9/h3-5,15H,2,6-7H2,1H3. The van der Waals surface area contributed by atoms with E-state index in [2.05, 4.69) is 61.6 Å². The van der Waals surface area contributed by atoms with Crippen LogP contribution >= 0.6 is 54.5 Å². The van der Waals surface area contributed by atoms with Crippen LogP contribution in [0.2, 0.25) is 0 Å². The van der Waals surface area contributed by atoms with Crippen molar-refractivity contribution in [3.63, 3.8) is 0 Å². The van der Waals surface area contributed by atoms with Gasteiger partial charge in [0.15, 0.2) is 0 Å². The fourth-order valence-corrected chi connectivity index (χ4v) is 4.71. The van der Waals surface area contributed by atoms with E-state index in [9.17, 15) is 0 Å². The fraction of sp³-hybridized carbons (Fsp3) is 0.333. The zero-order chi connectivity index (χ0) is 12.3. The molecule has 0 fully saturated rings. The second kappa shape index (κ2) is 6.48. The molecule has 0 radical (unpaired) electrons. The van der Waals surface area contributed by atoms with Gasteiger partial charge in [0.1, 0.15) is 0 Å². The molecule has 2 rings (SSSR count). The van der Waals surface area contributed by atoms with Crippen molar-refractivity contribution in [2.75, 3.05) is 0 Å². The van der Waals surface area contributed by atoms with Gasteiger partial charge in [-0.25, -0.2) is 0 Å². The lowest BCUT2D eigenvalue weighted by molar-refractivity contribution is 0.704. The van der Waals surface area contributed by atoms with Crippen LogP contribution in [0.25, 0.3) is 0 Å². The molecule has 2 aromatic heterocycles. The Balaban J connectivity index is 1.87. The minimum absolute atomic E-state index is 0.927. The van der Waals surface area contributed by atoms with Gasteiger partial charge in [0.2, 0.25) is 0 Å². The number of hydrogen-bond donors (Lipinski definition) is 1. The van der Waals surface area contributed by atoms with Crippen LogP contribution in [0.15, 0.2) is 25.8 Å². The van der Waals surface area contributed by atoms with Crippen molar-refractivity contribution in [2.24, 2.45) is 0 Å². The molecule has 92 valence electrons. The molecule has 0 unspecified atom stereocenters. The van der Waals surface area contributed by atoms with Crippen LogP contribution in [0, 0.1) is 0 Å². The predicted molar refractivity (Wildman–Crippen MR) is 84.0 cm³/mol. The Labute approximate surface area is 127 Å².